The summed E-state index contributed by atoms with van der Waals surface area (Å²) < 4.78 is 11.9. The predicted octanol–water partition coefficient (Wildman–Crippen LogP) is 3.17. The number of phenolic OH excluding ortho intramolecular Hbond substituents is 1. The Morgan fingerprint density at radius 1 is 1.46 bits per heavy atom. The summed E-state index contributed by atoms with van der Waals surface area (Å²) in [6.45, 7) is 1.54. The van der Waals surface area contributed by atoms with Crippen LogP contribution in [0, 0.1) is 18.3 Å². The lowest BCUT2D eigenvalue weighted by molar-refractivity contribution is -0.123. The van der Waals surface area contributed by atoms with Gasteiger partial charge in [-0.2, -0.15) is 10.4 Å². The number of halogens is 2. The number of carbonyl (C=O) groups is 1. The summed E-state index contributed by atoms with van der Waals surface area (Å²) in [5, 5.41) is 22.9. The molecule has 1 amide bonds. The van der Waals surface area contributed by atoms with E-state index in [-0.39, 0.29) is 23.8 Å². The van der Waals surface area contributed by atoms with E-state index in [1.165, 1.54) is 19.4 Å². The third kappa shape index (κ3) is 5.51. The van der Waals surface area contributed by atoms with E-state index in [1.54, 1.807) is 19.1 Å². The lowest BCUT2D eigenvalue weighted by atomic mass is 10.1. The molecule has 8 nitrogen and oxygen atoms in total. The van der Waals surface area contributed by atoms with Crippen LogP contribution >= 0.6 is 31.9 Å². The van der Waals surface area contributed by atoms with Crippen LogP contribution in [0.2, 0.25) is 0 Å². The molecule has 1 aromatic heterocycles. The number of aryl methyl sites for hydroxylation is 1. The van der Waals surface area contributed by atoms with Gasteiger partial charge in [-0.25, -0.2) is 10.4 Å². The van der Waals surface area contributed by atoms with E-state index in [9.17, 15) is 15.2 Å². The molecule has 2 N–H and O–H groups in total. The highest BCUT2D eigenvalue weighted by Crippen LogP contribution is 2.29. The van der Waals surface area contributed by atoms with E-state index in [2.05, 4.69) is 47.4 Å². The van der Waals surface area contributed by atoms with E-state index in [4.69, 9.17) is 9.47 Å². The van der Waals surface area contributed by atoms with Crippen molar-refractivity contribution in [1.29, 1.82) is 5.26 Å². The van der Waals surface area contributed by atoms with E-state index in [1.807, 2.05) is 6.07 Å². The molecule has 0 bridgehead atoms. The van der Waals surface area contributed by atoms with Crippen LogP contribution in [0.15, 0.2) is 32.2 Å². The Morgan fingerprint density at radius 3 is 2.89 bits per heavy atom. The molecule has 2 aromatic rings. The number of carbonyl (C=O) groups excluding carboxylic acids is 1. The van der Waals surface area contributed by atoms with E-state index < -0.39 is 12.5 Å². The van der Waals surface area contributed by atoms with E-state index >= 15 is 0 Å². The lowest BCUT2D eigenvalue weighted by Gasteiger charge is -2.13. The third-order valence-electron chi connectivity index (χ3n) is 3.49. The first-order valence-electron chi connectivity index (χ1n) is 7.88. The van der Waals surface area contributed by atoms with Gasteiger partial charge in [0.2, 0.25) is 5.88 Å². The number of methoxy groups -OCH3 is 1. The molecule has 0 fully saturated rings. The Labute approximate surface area is 178 Å². The van der Waals surface area contributed by atoms with Crippen molar-refractivity contribution in [3.05, 3.63) is 49.5 Å². The fraction of sp³-hybridized carbons (Fsp3) is 0.222. The smallest absolute Gasteiger partial charge is 0.278 e. The zero-order valence-electron chi connectivity index (χ0n) is 15.0. The number of rotatable bonds is 7. The molecule has 0 aliphatic carbocycles. The van der Waals surface area contributed by atoms with Gasteiger partial charge in [0, 0.05) is 27.2 Å². The number of aromatic hydroxyl groups is 1. The van der Waals surface area contributed by atoms with Gasteiger partial charge in [0.15, 0.2) is 6.61 Å². The van der Waals surface area contributed by atoms with Crippen LogP contribution in [0.25, 0.3) is 0 Å². The van der Waals surface area contributed by atoms with Crippen LogP contribution in [-0.4, -0.2) is 35.9 Å². The highest BCUT2D eigenvalue weighted by atomic mass is 79.9. The molecule has 0 spiro atoms. The Morgan fingerprint density at radius 2 is 2.21 bits per heavy atom. The van der Waals surface area contributed by atoms with Crippen molar-refractivity contribution in [3.8, 4) is 17.7 Å². The number of hydrazone groups is 1. The van der Waals surface area contributed by atoms with Crippen molar-refractivity contribution in [2.24, 2.45) is 5.10 Å². The highest BCUT2D eigenvalue weighted by molar-refractivity contribution is 9.10. The van der Waals surface area contributed by atoms with Crippen molar-refractivity contribution in [2.75, 3.05) is 13.7 Å². The number of ether oxygens (including phenoxy) is 2. The maximum absolute atomic E-state index is 12.0. The first-order chi connectivity index (χ1) is 13.4. The average Bonchev–Trinajstić information content (AvgIpc) is 2.66. The van der Waals surface area contributed by atoms with E-state index in [0.29, 0.717) is 21.3 Å². The predicted molar refractivity (Wildman–Crippen MR) is 109 cm³/mol. The summed E-state index contributed by atoms with van der Waals surface area (Å²) in [7, 11) is 1.51. The molecule has 28 heavy (non-hydrogen) atoms. The topological polar surface area (TPSA) is 117 Å². The van der Waals surface area contributed by atoms with Gasteiger partial charge in [0.25, 0.3) is 5.91 Å². The van der Waals surface area contributed by atoms with Crippen molar-refractivity contribution in [3.63, 3.8) is 0 Å². The molecule has 10 heteroatoms. The van der Waals surface area contributed by atoms with Gasteiger partial charge >= 0.3 is 0 Å². The number of amides is 1. The van der Waals surface area contributed by atoms with Crippen LogP contribution in [0.5, 0.6) is 11.6 Å². The number of aromatic nitrogens is 1. The summed E-state index contributed by atoms with van der Waals surface area (Å²) in [5.74, 6) is -0.486. The Hall–Kier alpha value is -2.48. The molecule has 1 heterocycles. The zero-order chi connectivity index (χ0) is 20.7. The first kappa shape index (κ1) is 21.8. The number of nitrogens with zero attached hydrogens (tertiary/aromatic N) is 3. The van der Waals surface area contributed by atoms with Gasteiger partial charge < -0.3 is 14.6 Å². The minimum Gasteiger partial charge on any atom is -0.507 e. The van der Waals surface area contributed by atoms with Crippen LogP contribution in [-0.2, 0) is 16.1 Å². The Balaban J connectivity index is 2.06. The molecular weight excluding hydrogens is 496 g/mol. The molecule has 146 valence electrons. The molecular formula is C18H16Br2N4O4. The van der Waals surface area contributed by atoms with Gasteiger partial charge in [0.05, 0.1) is 18.5 Å². The number of nitriles is 1. The monoisotopic (exact) mass is 510 g/mol. The van der Waals surface area contributed by atoms with Crippen LogP contribution in [0.1, 0.15) is 22.4 Å². The molecule has 1 aromatic carbocycles. The zero-order valence-corrected chi connectivity index (χ0v) is 18.2. The summed E-state index contributed by atoms with van der Waals surface area (Å²) in [6, 6.07) is 6.85. The van der Waals surface area contributed by atoms with Crippen LogP contribution in [0.3, 0.4) is 0 Å². The minimum absolute atomic E-state index is 0.0244. The van der Waals surface area contributed by atoms with Gasteiger partial charge in [-0.3, -0.25) is 4.79 Å². The van der Waals surface area contributed by atoms with Crippen LogP contribution in [0.4, 0.5) is 0 Å². The molecule has 0 aliphatic rings. The summed E-state index contributed by atoms with van der Waals surface area (Å²) in [6.07, 6.45) is 1.30. The second-order valence-electron chi connectivity index (χ2n) is 5.50. The maximum atomic E-state index is 12.0. The second-order valence-corrected chi connectivity index (χ2v) is 7.21. The Bertz CT molecular complexity index is 958. The summed E-state index contributed by atoms with van der Waals surface area (Å²) in [4.78, 5) is 16.2. The number of pyridine rings is 1. The van der Waals surface area contributed by atoms with Crippen molar-refractivity contribution >= 4 is 44.0 Å². The standard InChI is InChI=1S/C18H16Br2N4O4/c1-10-17(20)14(8-27-2)13(6-21)18(23-10)28-9-16(26)24-22-7-11-5-12(19)3-4-15(11)25/h3-5,7,25H,8-9H2,1-2H3,(H,24,26)/b22-7+. The average molecular weight is 512 g/mol. The van der Waals surface area contributed by atoms with Crippen molar-refractivity contribution in [1.82, 2.24) is 10.4 Å². The van der Waals surface area contributed by atoms with Gasteiger partial charge in [0.1, 0.15) is 17.4 Å². The second kappa shape index (κ2) is 10.2. The molecule has 2 rings (SSSR count). The summed E-state index contributed by atoms with van der Waals surface area (Å²) in [5.41, 5.74) is 4.10. The highest BCUT2D eigenvalue weighted by Gasteiger charge is 2.18. The van der Waals surface area contributed by atoms with Crippen LogP contribution < -0.4 is 10.2 Å². The molecule has 0 unspecified atom stereocenters. The fourth-order valence-electron chi connectivity index (χ4n) is 2.18. The first-order valence-corrected chi connectivity index (χ1v) is 9.47. The SMILES string of the molecule is COCc1c(Br)c(C)nc(OCC(=O)N/N=C/c2cc(Br)ccc2O)c1C#N. The molecule has 0 saturated carbocycles. The van der Waals surface area contributed by atoms with Crippen molar-refractivity contribution < 1.29 is 19.4 Å². The Kier molecular flexibility index (Phi) is 7.92. The fourth-order valence-corrected chi connectivity index (χ4v) is 2.96. The van der Waals surface area contributed by atoms with Gasteiger partial charge in [-0.05, 0) is 41.1 Å². The number of phenols is 1. The molecule has 0 atom stereocenters. The van der Waals surface area contributed by atoms with Gasteiger partial charge in [-0.1, -0.05) is 15.9 Å². The summed E-state index contributed by atoms with van der Waals surface area (Å²) >= 11 is 6.67. The minimum atomic E-state index is -0.551. The molecule has 0 radical (unpaired) electrons. The van der Waals surface area contributed by atoms with Crippen molar-refractivity contribution in [2.45, 2.75) is 13.5 Å². The third-order valence-corrected chi connectivity index (χ3v) is 5.04. The normalized spacial score (nSPS) is 10.7. The largest absolute Gasteiger partial charge is 0.507 e. The van der Waals surface area contributed by atoms with E-state index in [0.717, 1.165) is 4.47 Å². The quantitative estimate of drug-likeness (QED) is 0.435. The molecule has 0 saturated heterocycles. The number of benzene rings is 1. The maximum Gasteiger partial charge on any atom is 0.278 e. The number of hydrogen-bond acceptors (Lipinski definition) is 7. The lowest BCUT2D eigenvalue weighted by Crippen LogP contribution is -2.25. The number of hydrogen-bond donors (Lipinski definition) is 2. The molecule has 0 aliphatic heterocycles. The van der Waals surface area contributed by atoms with Gasteiger partial charge in [-0.15, -0.1) is 0 Å². The number of nitrogens with one attached hydrogen (secondary N) is 1.